The highest BCUT2D eigenvalue weighted by atomic mass is 16.5. The number of piperidine rings is 1. The Morgan fingerprint density at radius 2 is 1.81 bits per heavy atom. The Hall–Kier alpha value is -2.63. The third-order valence-electron chi connectivity index (χ3n) is 5.02. The number of nitrogens with zero attached hydrogens (tertiary/aromatic N) is 2. The van der Waals surface area contributed by atoms with Crippen molar-refractivity contribution < 1.29 is 18.7 Å². The van der Waals surface area contributed by atoms with E-state index in [4.69, 9.17) is 9.15 Å². The summed E-state index contributed by atoms with van der Waals surface area (Å²) in [6, 6.07) is 9.67. The zero-order valence-corrected chi connectivity index (χ0v) is 14.6. The molecule has 2 aliphatic rings. The first-order valence-electron chi connectivity index (χ1n) is 9.16. The minimum absolute atomic E-state index is 0.0346. The molecule has 6 nitrogen and oxygen atoms in total. The lowest BCUT2D eigenvalue weighted by molar-refractivity contribution is -0.153. The van der Waals surface area contributed by atoms with Crippen molar-refractivity contribution in [3.63, 3.8) is 0 Å². The van der Waals surface area contributed by atoms with Crippen LogP contribution in [0.15, 0.2) is 40.9 Å². The molecular weight excluding hydrogens is 332 g/mol. The molecule has 1 saturated heterocycles. The van der Waals surface area contributed by atoms with Crippen molar-refractivity contribution >= 4 is 11.9 Å². The summed E-state index contributed by atoms with van der Waals surface area (Å²) < 4.78 is 11.0. The van der Waals surface area contributed by atoms with Gasteiger partial charge in [-0.05, 0) is 25.7 Å². The number of carbonyl (C=O) groups is 2. The Balaban J connectivity index is 1.25. The van der Waals surface area contributed by atoms with Gasteiger partial charge in [0, 0.05) is 24.6 Å². The van der Waals surface area contributed by atoms with E-state index in [2.05, 4.69) is 4.98 Å². The first kappa shape index (κ1) is 16.8. The molecule has 0 bridgehead atoms. The number of benzene rings is 1. The Labute approximate surface area is 152 Å². The van der Waals surface area contributed by atoms with Crippen LogP contribution in [0.1, 0.15) is 31.6 Å². The van der Waals surface area contributed by atoms with Crippen LogP contribution in [-0.2, 0) is 20.9 Å². The molecule has 1 saturated carbocycles. The summed E-state index contributed by atoms with van der Waals surface area (Å²) >= 11 is 0. The van der Waals surface area contributed by atoms with Crippen LogP contribution in [0.5, 0.6) is 0 Å². The molecule has 2 heterocycles. The van der Waals surface area contributed by atoms with Crippen molar-refractivity contribution in [2.24, 2.45) is 11.8 Å². The second-order valence-corrected chi connectivity index (χ2v) is 6.97. The fourth-order valence-corrected chi connectivity index (χ4v) is 3.29. The third kappa shape index (κ3) is 3.79. The maximum atomic E-state index is 12.3. The minimum atomic E-state index is -0.233. The number of oxazole rings is 1. The lowest BCUT2D eigenvalue weighted by Gasteiger charge is -2.31. The van der Waals surface area contributed by atoms with Gasteiger partial charge in [-0.25, -0.2) is 4.98 Å². The van der Waals surface area contributed by atoms with Crippen LogP contribution in [0, 0.1) is 11.8 Å². The van der Waals surface area contributed by atoms with Crippen LogP contribution in [0.25, 0.3) is 11.3 Å². The predicted molar refractivity (Wildman–Crippen MR) is 93.8 cm³/mol. The highest BCUT2D eigenvalue weighted by Crippen LogP contribution is 2.32. The van der Waals surface area contributed by atoms with Crippen molar-refractivity contribution in [1.82, 2.24) is 9.88 Å². The van der Waals surface area contributed by atoms with E-state index in [1.807, 2.05) is 35.2 Å². The number of aromatic nitrogens is 1. The van der Waals surface area contributed by atoms with Gasteiger partial charge < -0.3 is 14.1 Å². The molecule has 1 aromatic heterocycles. The van der Waals surface area contributed by atoms with Crippen molar-refractivity contribution in [3.05, 3.63) is 42.4 Å². The standard InChI is InChI=1S/C20H22N2O4/c23-19(15-6-7-15)22-10-8-16(9-11-22)20(24)25-13-18-21-12-17(26-18)14-4-2-1-3-5-14/h1-5,12,15-16H,6-11,13H2. The lowest BCUT2D eigenvalue weighted by atomic mass is 9.97. The summed E-state index contributed by atoms with van der Waals surface area (Å²) in [6.45, 7) is 1.32. The van der Waals surface area contributed by atoms with E-state index in [1.54, 1.807) is 6.20 Å². The average Bonchev–Trinajstić information content (AvgIpc) is 3.44. The summed E-state index contributed by atoms with van der Waals surface area (Å²) in [6.07, 6.45) is 5.00. The van der Waals surface area contributed by atoms with Crippen LogP contribution < -0.4 is 0 Å². The third-order valence-corrected chi connectivity index (χ3v) is 5.02. The molecule has 1 aliphatic carbocycles. The molecule has 136 valence electrons. The zero-order chi connectivity index (χ0) is 17.9. The monoisotopic (exact) mass is 354 g/mol. The zero-order valence-electron chi connectivity index (χ0n) is 14.6. The van der Waals surface area contributed by atoms with Crippen LogP contribution in [0.4, 0.5) is 0 Å². The summed E-state index contributed by atoms with van der Waals surface area (Å²) in [7, 11) is 0. The molecule has 0 atom stereocenters. The smallest absolute Gasteiger partial charge is 0.309 e. The molecule has 0 spiro atoms. The van der Waals surface area contributed by atoms with Crippen molar-refractivity contribution in [2.75, 3.05) is 13.1 Å². The van der Waals surface area contributed by atoms with Gasteiger partial charge in [-0.3, -0.25) is 9.59 Å². The van der Waals surface area contributed by atoms with Gasteiger partial charge in [0.2, 0.25) is 11.8 Å². The Morgan fingerprint density at radius 3 is 2.50 bits per heavy atom. The highest BCUT2D eigenvalue weighted by Gasteiger charge is 2.36. The van der Waals surface area contributed by atoms with Gasteiger partial charge in [0.1, 0.15) is 0 Å². The fourth-order valence-electron chi connectivity index (χ4n) is 3.29. The Bertz CT molecular complexity index is 774. The van der Waals surface area contributed by atoms with E-state index in [0.29, 0.717) is 37.6 Å². The van der Waals surface area contributed by atoms with Gasteiger partial charge in [0.15, 0.2) is 12.4 Å². The number of esters is 1. The SMILES string of the molecule is O=C(OCc1ncc(-c2ccccc2)o1)C1CCN(C(=O)C2CC2)CC1. The van der Waals surface area contributed by atoms with Crippen LogP contribution in [0.3, 0.4) is 0 Å². The van der Waals surface area contributed by atoms with Crippen LogP contribution >= 0.6 is 0 Å². The molecular formula is C20H22N2O4. The highest BCUT2D eigenvalue weighted by molar-refractivity contribution is 5.81. The molecule has 2 fully saturated rings. The van der Waals surface area contributed by atoms with Crippen LogP contribution in [-0.4, -0.2) is 34.8 Å². The second-order valence-electron chi connectivity index (χ2n) is 6.97. The van der Waals surface area contributed by atoms with Gasteiger partial charge in [-0.2, -0.15) is 0 Å². The first-order chi connectivity index (χ1) is 12.7. The van der Waals surface area contributed by atoms with E-state index in [0.717, 1.165) is 18.4 Å². The molecule has 1 aromatic carbocycles. The van der Waals surface area contributed by atoms with Crippen molar-refractivity contribution in [2.45, 2.75) is 32.3 Å². The molecule has 1 amide bonds. The van der Waals surface area contributed by atoms with E-state index < -0.39 is 0 Å². The average molecular weight is 354 g/mol. The fraction of sp³-hybridized carbons (Fsp3) is 0.450. The van der Waals surface area contributed by atoms with Crippen molar-refractivity contribution in [3.8, 4) is 11.3 Å². The predicted octanol–water partition coefficient (Wildman–Crippen LogP) is 3.03. The summed E-state index contributed by atoms with van der Waals surface area (Å²) in [5.74, 6) is 1.15. The lowest BCUT2D eigenvalue weighted by Crippen LogP contribution is -2.41. The quantitative estimate of drug-likeness (QED) is 0.772. The molecule has 2 aromatic rings. The van der Waals surface area contributed by atoms with Gasteiger partial charge in [0.25, 0.3) is 0 Å². The van der Waals surface area contributed by atoms with Gasteiger partial charge in [-0.15, -0.1) is 0 Å². The molecule has 4 rings (SSSR count). The largest absolute Gasteiger partial charge is 0.455 e. The number of ether oxygens (including phenoxy) is 1. The second kappa shape index (κ2) is 7.32. The number of likely N-dealkylation sites (tertiary alicyclic amines) is 1. The molecule has 26 heavy (non-hydrogen) atoms. The van der Waals surface area contributed by atoms with E-state index in [-0.39, 0.29) is 30.3 Å². The molecule has 0 unspecified atom stereocenters. The van der Waals surface area contributed by atoms with Gasteiger partial charge in [-0.1, -0.05) is 30.3 Å². The maximum Gasteiger partial charge on any atom is 0.309 e. The summed E-state index contributed by atoms with van der Waals surface area (Å²) in [4.78, 5) is 30.4. The minimum Gasteiger partial charge on any atom is -0.455 e. The topological polar surface area (TPSA) is 72.6 Å². The van der Waals surface area contributed by atoms with E-state index >= 15 is 0 Å². The van der Waals surface area contributed by atoms with Crippen molar-refractivity contribution in [1.29, 1.82) is 0 Å². The molecule has 0 radical (unpaired) electrons. The normalized spacial score (nSPS) is 17.9. The number of amides is 1. The number of hydrogen-bond acceptors (Lipinski definition) is 5. The Morgan fingerprint density at radius 1 is 1.08 bits per heavy atom. The Kier molecular flexibility index (Phi) is 4.73. The first-order valence-corrected chi connectivity index (χ1v) is 9.16. The van der Waals surface area contributed by atoms with E-state index in [9.17, 15) is 9.59 Å². The number of rotatable bonds is 5. The summed E-state index contributed by atoms with van der Waals surface area (Å²) in [5.41, 5.74) is 0.935. The van der Waals surface area contributed by atoms with E-state index in [1.165, 1.54) is 0 Å². The number of hydrogen-bond donors (Lipinski definition) is 0. The summed E-state index contributed by atoms with van der Waals surface area (Å²) in [5, 5.41) is 0. The van der Waals surface area contributed by atoms with Gasteiger partial charge >= 0.3 is 5.97 Å². The molecule has 6 heteroatoms. The van der Waals surface area contributed by atoms with Gasteiger partial charge in [0.05, 0.1) is 12.1 Å². The molecule has 0 N–H and O–H groups in total. The maximum absolute atomic E-state index is 12.3. The number of carbonyl (C=O) groups excluding carboxylic acids is 2. The van der Waals surface area contributed by atoms with Crippen LogP contribution in [0.2, 0.25) is 0 Å². The molecule has 1 aliphatic heterocycles.